The van der Waals surface area contributed by atoms with Gasteiger partial charge in [-0.25, -0.2) is 0 Å². The average Bonchev–Trinajstić information content (AvgIpc) is 2.78. The number of aliphatic hydroxyl groups excluding tert-OH is 1. The third-order valence-electron chi connectivity index (χ3n) is 5.30. The summed E-state index contributed by atoms with van der Waals surface area (Å²) in [4.78, 5) is 25.7. The number of carbonyl (C=O) groups excluding carboxylic acids is 1. The first-order chi connectivity index (χ1) is 14.4. The van der Waals surface area contributed by atoms with Crippen LogP contribution in [0.4, 0.5) is 0 Å². The smallest absolute Gasteiger partial charge is 0.256 e. The number of nitrogens with one attached hydrogen (secondary N) is 1. The van der Waals surface area contributed by atoms with E-state index in [0.29, 0.717) is 27.9 Å². The van der Waals surface area contributed by atoms with Crippen LogP contribution >= 0.6 is 0 Å². The van der Waals surface area contributed by atoms with Crippen molar-refractivity contribution >= 4 is 5.91 Å². The molecule has 3 aromatic rings. The Kier molecular flexibility index (Phi) is 6.14. The summed E-state index contributed by atoms with van der Waals surface area (Å²) in [6, 6.07) is 16.3. The lowest BCUT2D eigenvalue weighted by atomic mass is 9.97. The van der Waals surface area contributed by atoms with Crippen LogP contribution in [0.2, 0.25) is 0 Å². The van der Waals surface area contributed by atoms with Gasteiger partial charge in [-0.1, -0.05) is 30.3 Å². The molecule has 1 heterocycles. The summed E-state index contributed by atoms with van der Waals surface area (Å²) in [5, 5.41) is 21.1. The summed E-state index contributed by atoms with van der Waals surface area (Å²) in [5.74, 6) is -0.458. The van der Waals surface area contributed by atoms with Crippen molar-refractivity contribution in [2.75, 3.05) is 7.05 Å². The summed E-state index contributed by atoms with van der Waals surface area (Å²) >= 11 is 0. The molecule has 1 amide bonds. The van der Waals surface area contributed by atoms with Crippen molar-refractivity contribution < 1.29 is 9.90 Å². The lowest BCUT2D eigenvalue weighted by molar-refractivity contribution is 0.0961. The molecule has 0 fully saturated rings. The molecule has 0 saturated carbocycles. The number of carbonyl (C=O) groups is 1. The molecule has 3 rings (SSSR count). The van der Waals surface area contributed by atoms with Crippen molar-refractivity contribution in [1.29, 1.82) is 5.26 Å². The molecule has 6 heteroatoms. The molecule has 0 spiro atoms. The van der Waals surface area contributed by atoms with Crippen LogP contribution < -0.4 is 10.7 Å². The number of hydrogen-bond acceptors (Lipinski definition) is 4. The number of aromatic nitrogens is 1. The van der Waals surface area contributed by atoms with Gasteiger partial charge in [0.1, 0.15) is 5.56 Å². The van der Waals surface area contributed by atoms with Gasteiger partial charge in [0.15, 0.2) is 0 Å². The van der Waals surface area contributed by atoms with Crippen molar-refractivity contribution in [2.24, 2.45) is 0 Å². The molecule has 0 aliphatic heterocycles. The maximum atomic E-state index is 13.2. The fourth-order valence-electron chi connectivity index (χ4n) is 3.58. The summed E-state index contributed by atoms with van der Waals surface area (Å²) in [5.41, 5.74) is 3.66. The Bertz CT molecular complexity index is 1190. The topological polar surface area (TPSA) is 95.1 Å². The Morgan fingerprint density at radius 3 is 2.53 bits per heavy atom. The monoisotopic (exact) mass is 401 g/mol. The van der Waals surface area contributed by atoms with E-state index in [9.17, 15) is 14.7 Å². The van der Waals surface area contributed by atoms with Gasteiger partial charge in [-0.15, -0.1) is 0 Å². The number of amides is 1. The van der Waals surface area contributed by atoms with Crippen LogP contribution in [-0.4, -0.2) is 22.6 Å². The molecule has 152 valence electrons. The van der Waals surface area contributed by atoms with E-state index in [4.69, 9.17) is 5.26 Å². The van der Waals surface area contributed by atoms with E-state index < -0.39 is 5.91 Å². The number of hydrogen-bond donors (Lipinski definition) is 2. The van der Waals surface area contributed by atoms with Gasteiger partial charge in [-0.2, -0.15) is 5.26 Å². The quantitative estimate of drug-likeness (QED) is 0.687. The van der Waals surface area contributed by atoms with Gasteiger partial charge in [-0.05, 0) is 48.7 Å². The zero-order chi connectivity index (χ0) is 21.8. The first-order valence-corrected chi connectivity index (χ1v) is 9.59. The van der Waals surface area contributed by atoms with Crippen LogP contribution in [0.3, 0.4) is 0 Å². The average molecular weight is 401 g/mol. The minimum Gasteiger partial charge on any atom is -0.392 e. The first-order valence-electron chi connectivity index (χ1n) is 9.59. The summed E-state index contributed by atoms with van der Waals surface area (Å²) in [7, 11) is 1.49. The number of aliphatic hydroxyl groups is 1. The van der Waals surface area contributed by atoms with E-state index in [1.807, 2.05) is 30.5 Å². The number of nitrogens with zero attached hydrogens (tertiary/aromatic N) is 2. The minimum atomic E-state index is -0.458. The molecule has 0 aliphatic rings. The number of benzene rings is 2. The maximum Gasteiger partial charge on any atom is 0.256 e. The van der Waals surface area contributed by atoms with Gasteiger partial charge in [0, 0.05) is 24.5 Å². The second kappa shape index (κ2) is 8.76. The van der Waals surface area contributed by atoms with Crippen molar-refractivity contribution in [3.8, 4) is 17.2 Å². The number of nitriles is 1. The van der Waals surface area contributed by atoms with E-state index in [2.05, 4.69) is 11.4 Å². The zero-order valence-corrected chi connectivity index (χ0v) is 17.1. The number of pyridine rings is 1. The predicted octanol–water partition coefficient (Wildman–Crippen LogP) is 3.16. The maximum absolute atomic E-state index is 13.2. The Morgan fingerprint density at radius 2 is 1.93 bits per heavy atom. The molecule has 0 radical (unpaired) electrons. The van der Waals surface area contributed by atoms with Gasteiger partial charge in [0.25, 0.3) is 5.91 Å². The van der Waals surface area contributed by atoms with Gasteiger partial charge in [-0.3, -0.25) is 9.59 Å². The highest BCUT2D eigenvalue weighted by molar-refractivity contribution is 5.95. The van der Waals surface area contributed by atoms with Crippen LogP contribution in [0.15, 0.2) is 59.5 Å². The predicted molar refractivity (Wildman–Crippen MR) is 115 cm³/mol. The fraction of sp³-hybridized carbons (Fsp3) is 0.208. The van der Waals surface area contributed by atoms with Crippen LogP contribution in [0.25, 0.3) is 11.1 Å². The molecule has 1 aromatic heterocycles. The van der Waals surface area contributed by atoms with E-state index in [1.54, 1.807) is 42.6 Å². The van der Waals surface area contributed by atoms with E-state index in [1.165, 1.54) is 7.05 Å². The SMILES string of the molecule is CNC(=O)c1cn(C(C)c2ccc(C#N)cc2)c(C)c(-c2cccc(CO)c2)c1=O. The molecule has 0 bridgehead atoms. The van der Waals surface area contributed by atoms with Gasteiger partial charge >= 0.3 is 0 Å². The Morgan fingerprint density at radius 1 is 1.23 bits per heavy atom. The molecule has 6 nitrogen and oxygen atoms in total. The molecule has 30 heavy (non-hydrogen) atoms. The molecule has 1 unspecified atom stereocenters. The highest BCUT2D eigenvalue weighted by atomic mass is 16.3. The molecule has 0 aliphatic carbocycles. The third-order valence-corrected chi connectivity index (χ3v) is 5.30. The van der Waals surface area contributed by atoms with Crippen molar-refractivity contribution in [1.82, 2.24) is 9.88 Å². The molecule has 1 atom stereocenters. The van der Waals surface area contributed by atoms with Gasteiger partial charge < -0.3 is 15.0 Å². The second-order valence-corrected chi connectivity index (χ2v) is 7.09. The van der Waals surface area contributed by atoms with Crippen molar-refractivity contribution in [3.63, 3.8) is 0 Å². The van der Waals surface area contributed by atoms with Crippen LogP contribution in [0.1, 0.15) is 45.7 Å². The van der Waals surface area contributed by atoms with E-state index in [0.717, 1.165) is 5.56 Å². The van der Waals surface area contributed by atoms with Crippen LogP contribution in [0, 0.1) is 18.3 Å². The Balaban J connectivity index is 2.26. The van der Waals surface area contributed by atoms with Crippen LogP contribution in [-0.2, 0) is 6.61 Å². The molecule has 0 saturated heterocycles. The number of rotatable bonds is 5. The fourth-order valence-corrected chi connectivity index (χ4v) is 3.58. The van der Waals surface area contributed by atoms with Gasteiger partial charge in [0.05, 0.1) is 24.3 Å². The van der Waals surface area contributed by atoms with Crippen molar-refractivity contribution in [3.05, 3.63) is 92.9 Å². The normalized spacial score (nSPS) is 11.6. The highest BCUT2D eigenvalue weighted by Gasteiger charge is 2.21. The van der Waals surface area contributed by atoms with Crippen LogP contribution in [0.5, 0.6) is 0 Å². The highest BCUT2D eigenvalue weighted by Crippen LogP contribution is 2.27. The lowest BCUT2D eigenvalue weighted by Crippen LogP contribution is -2.29. The molecular weight excluding hydrogens is 378 g/mol. The second-order valence-electron chi connectivity index (χ2n) is 7.09. The van der Waals surface area contributed by atoms with Crippen molar-refractivity contribution in [2.45, 2.75) is 26.5 Å². The summed E-state index contributed by atoms with van der Waals surface area (Å²) < 4.78 is 1.90. The molecular formula is C24H23N3O3. The first kappa shape index (κ1) is 21.0. The Hall–Kier alpha value is -3.69. The van der Waals surface area contributed by atoms with E-state index >= 15 is 0 Å². The minimum absolute atomic E-state index is 0.0491. The standard InChI is InChI=1S/C24H23N3O3/c1-15(19-9-7-17(12-25)8-10-19)27-13-21(24(30)26-3)23(29)22(16(27)2)20-6-4-5-18(11-20)14-28/h4-11,13,15,28H,14H2,1-3H3,(H,26,30). The largest absolute Gasteiger partial charge is 0.392 e. The zero-order valence-electron chi connectivity index (χ0n) is 17.1. The molecule has 2 N–H and O–H groups in total. The third kappa shape index (κ3) is 3.88. The summed E-state index contributed by atoms with van der Waals surface area (Å²) in [6.45, 7) is 3.68. The lowest BCUT2D eigenvalue weighted by Gasteiger charge is -2.23. The van der Waals surface area contributed by atoms with E-state index in [-0.39, 0.29) is 23.6 Å². The Labute approximate surface area is 175 Å². The molecule has 2 aromatic carbocycles. The summed E-state index contributed by atoms with van der Waals surface area (Å²) in [6.07, 6.45) is 1.58. The van der Waals surface area contributed by atoms with Gasteiger partial charge in [0.2, 0.25) is 5.43 Å².